The molecule has 4 rings (SSSR count). The topological polar surface area (TPSA) is 100 Å². The Balaban J connectivity index is 1.38. The number of carbonyl (C=O) groups excluding carboxylic acids is 1. The van der Waals surface area contributed by atoms with Crippen LogP contribution in [-0.2, 0) is 6.61 Å². The van der Waals surface area contributed by atoms with E-state index in [0.717, 1.165) is 18.8 Å². The van der Waals surface area contributed by atoms with Gasteiger partial charge in [0.25, 0.3) is 5.91 Å². The van der Waals surface area contributed by atoms with Crippen molar-refractivity contribution in [2.75, 3.05) is 25.1 Å². The Kier molecular flexibility index (Phi) is 8.07. The number of halogens is 1. The number of carboxylic acid groups (broad SMARTS) is 1. The van der Waals surface area contributed by atoms with Crippen LogP contribution in [0, 0.1) is 0 Å². The number of carboxylic acids is 1. The molecule has 8 nitrogen and oxygen atoms in total. The number of amides is 1. The van der Waals surface area contributed by atoms with Crippen LogP contribution in [0.2, 0.25) is 5.02 Å². The van der Waals surface area contributed by atoms with Gasteiger partial charge in [-0.05, 0) is 72.5 Å². The van der Waals surface area contributed by atoms with Crippen molar-refractivity contribution in [3.63, 3.8) is 0 Å². The highest BCUT2D eigenvalue weighted by Crippen LogP contribution is 2.36. The van der Waals surface area contributed by atoms with Crippen molar-refractivity contribution in [2.24, 2.45) is 5.10 Å². The summed E-state index contributed by atoms with van der Waals surface area (Å²) in [6, 6.07) is 17.2. The second-order valence-electron chi connectivity index (χ2n) is 8.27. The maximum atomic E-state index is 12.5. The minimum absolute atomic E-state index is 0.108. The SMILES string of the molecule is COc1cc(/C=N\NC(=O)c2ccc(N3CCCC3)cc2)cc(Cl)c1OCc1cccc(C(=O)O)c1. The summed E-state index contributed by atoms with van der Waals surface area (Å²) in [4.78, 5) is 25.9. The summed E-state index contributed by atoms with van der Waals surface area (Å²) in [5.41, 5.74) is 5.60. The van der Waals surface area contributed by atoms with Crippen LogP contribution in [0.5, 0.6) is 11.5 Å². The number of hydrogen-bond acceptors (Lipinski definition) is 6. The molecule has 0 atom stereocenters. The quantitative estimate of drug-likeness (QED) is 0.312. The molecular formula is C27H26ClN3O5. The average Bonchev–Trinajstić information content (AvgIpc) is 3.43. The van der Waals surface area contributed by atoms with E-state index < -0.39 is 5.97 Å². The molecular weight excluding hydrogens is 482 g/mol. The highest BCUT2D eigenvalue weighted by Gasteiger charge is 2.14. The van der Waals surface area contributed by atoms with Gasteiger partial charge in [0.05, 0.1) is 23.9 Å². The summed E-state index contributed by atoms with van der Waals surface area (Å²) >= 11 is 6.42. The molecule has 3 aromatic rings. The Morgan fingerprint density at radius 1 is 1.08 bits per heavy atom. The Morgan fingerprint density at radius 2 is 1.83 bits per heavy atom. The van der Waals surface area contributed by atoms with Crippen LogP contribution in [0.4, 0.5) is 5.69 Å². The molecule has 3 aromatic carbocycles. The van der Waals surface area contributed by atoms with Crippen LogP contribution < -0.4 is 19.8 Å². The molecule has 0 unspecified atom stereocenters. The number of aromatic carboxylic acids is 1. The summed E-state index contributed by atoms with van der Waals surface area (Å²) in [6.45, 7) is 2.20. The average molecular weight is 508 g/mol. The number of methoxy groups -OCH3 is 1. The molecule has 1 fully saturated rings. The predicted octanol–water partition coefficient (Wildman–Crippen LogP) is 4.99. The normalized spacial score (nSPS) is 13.1. The van der Waals surface area contributed by atoms with Gasteiger partial charge in [-0.15, -0.1) is 0 Å². The largest absolute Gasteiger partial charge is 0.493 e. The van der Waals surface area contributed by atoms with Crippen molar-refractivity contribution in [1.82, 2.24) is 5.43 Å². The molecule has 0 bridgehead atoms. The van der Waals surface area contributed by atoms with Crippen molar-refractivity contribution in [2.45, 2.75) is 19.4 Å². The fourth-order valence-corrected chi connectivity index (χ4v) is 4.21. The van der Waals surface area contributed by atoms with Crippen LogP contribution in [0.1, 0.15) is 44.7 Å². The van der Waals surface area contributed by atoms with Gasteiger partial charge in [-0.1, -0.05) is 23.7 Å². The molecule has 1 amide bonds. The first-order chi connectivity index (χ1) is 17.4. The van der Waals surface area contributed by atoms with Gasteiger partial charge in [-0.3, -0.25) is 4.79 Å². The number of anilines is 1. The van der Waals surface area contributed by atoms with Crippen LogP contribution >= 0.6 is 11.6 Å². The summed E-state index contributed by atoms with van der Waals surface area (Å²) in [5, 5.41) is 13.5. The first-order valence-electron chi connectivity index (χ1n) is 11.5. The van der Waals surface area contributed by atoms with E-state index >= 15 is 0 Å². The van der Waals surface area contributed by atoms with Gasteiger partial charge in [-0.25, -0.2) is 10.2 Å². The van der Waals surface area contributed by atoms with E-state index in [1.54, 1.807) is 36.4 Å². The lowest BCUT2D eigenvalue weighted by atomic mass is 10.1. The lowest BCUT2D eigenvalue weighted by Gasteiger charge is -2.17. The second-order valence-corrected chi connectivity index (χ2v) is 8.68. The maximum absolute atomic E-state index is 12.5. The van der Waals surface area contributed by atoms with Gasteiger partial charge in [0.1, 0.15) is 6.61 Å². The zero-order chi connectivity index (χ0) is 25.5. The lowest BCUT2D eigenvalue weighted by molar-refractivity contribution is 0.0696. The van der Waals surface area contributed by atoms with Crippen LogP contribution in [0.25, 0.3) is 0 Å². The number of rotatable bonds is 9. The molecule has 186 valence electrons. The fourth-order valence-electron chi connectivity index (χ4n) is 3.93. The van der Waals surface area contributed by atoms with Crippen LogP contribution in [0.3, 0.4) is 0 Å². The van der Waals surface area contributed by atoms with Crippen LogP contribution in [-0.4, -0.2) is 43.4 Å². The third-order valence-electron chi connectivity index (χ3n) is 5.79. The molecule has 0 radical (unpaired) electrons. The summed E-state index contributed by atoms with van der Waals surface area (Å²) in [6.07, 6.45) is 3.85. The number of nitrogens with one attached hydrogen (secondary N) is 1. The fraction of sp³-hybridized carbons (Fsp3) is 0.222. The number of nitrogens with zero attached hydrogens (tertiary/aromatic N) is 2. The Morgan fingerprint density at radius 3 is 2.53 bits per heavy atom. The summed E-state index contributed by atoms with van der Waals surface area (Å²) < 4.78 is 11.2. The van der Waals surface area contributed by atoms with Crippen molar-refractivity contribution >= 4 is 35.4 Å². The molecule has 1 aliphatic heterocycles. The molecule has 0 aliphatic carbocycles. The molecule has 9 heteroatoms. The molecule has 1 heterocycles. The standard InChI is InChI=1S/C27H26ClN3O5/c1-35-24-15-19(14-23(28)25(24)36-17-18-5-4-6-21(13-18)27(33)34)16-29-30-26(32)20-7-9-22(10-8-20)31-11-2-3-12-31/h4-10,13-16H,2-3,11-12,17H2,1H3,(H,30,32)(H,33,34)/b29-16-. The monoisotopic (exact) mass is 507 g/mol. The zero-order valence-corrected chi connectivity index (χ0v) is 20.5. The minimum atomic E-state index is -1.01. The van der Waals surface area contributed by atoms with Gasteiger partial charge in [0.2, 0.25) is 0 Å². The molecule has 0 aromatic heterocycles. The number of hydrazone groups is 1. The van der Waals surface area contributed by atoms with Gasteiger partial charge in [0, 0.05) is 24.3 Å². The van der Waals surface area contributed by atoms with Crippen molar-refractivity contribution < 1.29 is 24.2 Å². The smallest absolute Gasteiger partial charge is 0.335 e. The highest BCUT2D eigenvalue weighted by atomic mass is 35.5. The second kappa shape index (κ2) is 11.6. The Hall–Kier alpha value is -4.04. The first-order valence-corrected chi connectivity index (χ1v) is 11.8. The van der Waals surface area contributed by atoms with Gasteiger partial charge in [-0.2, -0.15) is 5.10 Å². The summed E-state index contributed by atoms with van der Waals surface area (Å²) in [7, 11) is 1.48. The van der Waals surface area contributed by atoms with Crippen molar-refractivity contribution in [1.29, 1.82) is 0 Å². The van der Waals surface area contributed by atoms with E-state index in [0.29, 0.717) is 28.2 Å². The van der Waals surface area contributed by atoms with E-state index in [-0.39, 0.29) is 23.1 Å². The minimum Gasteiger partial charge on any atom is -0.493 e. The Labute approximate surface area is 214 Å². The van der Waals surface area contributed by atoms with Crippen molar-refractivity contribution in [3.8, 4) is 11.5 Å². The van der Waals surface area contributed by atoms with Crippen LogP contribution in [0.15, 0.2) is 65.8 Å². The third kappa shape index (κ3) is 6.14. The maximum Gasteiger partial charge on any atom is 0.335 e. The van der Waals surface area contributed by atoms with Gasteiger partial charge in [0.15, 0.2) is 11.5 Å². The number of benzene rings is 3. The lowest BCUT2D eigenvalue weighted by Crippen LogP contribution is -2.19. The van der Waals surface area contributed by atoms with E-state index in [1.807, 2.05) is 12.1 Å². The number of ether oxygens (including phenoxy) is 2. The van der Waals surface area contributed by atoms with E-state index in [1.165, 1.54) is 38.3 Å². The van der Waals surface area contributed by atoms with E-state index in [2.05, 4.69) is 15.4 Å². The molecule has 36 heavy (non-hydrogen) atoms. The van der Waals surface area contributed by atoms with Gasteiger partial charge < -0.3 is 19.5 Å². The molecule has 2 N–H and O–H groups in total. The third-order valence-corrected chi connectivity index (χ3v) is 6.07. The van der Waals surface area contributed by atoms with Crippen molar-refractivity contribution in [3.05, 3.63) is 87.9 Å². The molecule has 0 saturated carbocycles. The molecule has 1 aliphatic rings. The van der Waals surface area contributed by atoms with E-state index in [4.69, 9.17) is 26.2 Å². The number of hydrogen-bond donors (Lipinski definition) is 2. The molecule has 1 saturated heterocycles. The summed E-state index contributed by atoms with van der Waals surface area (Å²) in [5.74, 6) is -0.635. The first kappa shape index (κ1) is 25.1. The Bertz CT molecular complexity index is 1270. The predicted molar refractivity (Wildman–Crippen MR) is 139 cm³/mol. The number of carbonyl (C=O) groups is 2. The highest BCUT2D eigenvalue weighted by molar-refractivity contribution is 6.32. The van der Waals surface area contributed by atoms with Gasteiger partial charge >= 0.3 is 5.97 Å². The zero-order valence-electron chi connectivity index (χ0n) is 19.7. The van der Waals surface area contributed by atoms with E-state index in [9.17, 15) is 9.59 Å². The molecule has 0 spiro atoms.